The van der Waals surface area contributed by atoms with Crippen LogP contribution in [0, 0.1) is 0 Å². The summed E-state index contributed by atoms with van der Waals surface area (Å²) < 4.78 is 0. The fraction of sp³-hybridized carbons (Fsp3) is 0.308. The summed E-state index contributed by atoms with van der Waals surface area (Å²) in [6, 6.07) is 4.89. The van der Waals surface area contributed by atoms with Crippen LogP contribution in [0.4, 0.5) is 11.4 Å². The highest BCUT2D eigenvalue weighted by atomic mass is 35.5. The molecule has 0 unspecified atom stereocenters. The van der Waals surface area contributed by atoms with Crippen LogP contribution in [-0.4, -0.2) is 35.9 Å². The molecule has 1 amide bonds. The number of hydrogen-bond acceptors (Lipinski definition) is 4. The van der Waals surface area contributed by atoms with Crippen molar-refractivity contribution in [2.45, 2.75) is 12.8 Å². The monoisotopic (exact) mass is 296 g/mol. The zero-order valence-electron chi connectivity index (χ0n) is 10.6. The molecule has 0 bridgehead atoms. The van der Waals surface area contributed by atoms with Gasteiger partial charge in [0.15, 0.2) is 0 Å². The largest absolute Gasteiger partial charge is 0.475 e. The molecule has 7 heteroatoms. The van der Waals surface area contributed by atoms with Crippen molar-refractivity contribution in [1.82, 2.24) is 0 Å². The first-order valence-electron chi connectivity index (χ1n) is 6.09. The van der Waals surface area contributed by atoms with E-state index in [4.69, 9.17) is 16.7 Å². The second-order valence-electron chi connectivity index (χ2n) is 4.39. The van der Waals surface area contributed by atoms with E-state index < -0.39 is 11.8 Å². The first-order valence-corrected chi connectivity index (χ1v) is 6.47. The minimum absolute atomic E-state index is 0.0000615. The number of nitrogens with zero attached hydrogens (tertiary/aromatic N) is 1. The number of rotatable bonds is 5. The quantitative estimate of drug-likeness (QED) is 0.805. The van der Waals surface area contributed by atoms with Crippen LogP contribution in [0.3, 0.4) is 0 Å². The van der Waals surface area contributed by atoms with Gasteiger partial charge in [-0.25, -0.2) is 4.79 Å². The van der Waals surface area contributed by atoms with Crippen LogP contribution >= 0.6 is 11.6 Å². The molecule has 1 aliphatic heterocycles. The zero-order valence-corrected chi connectivity index (χ0v) is 11.3. The Morgan fingerprint density at radius 2 is 2.15 bits per heavy atom. The molecular weight excluding hydrogens is 284 g/mol. The number of Topliss-reactive ketones (excluding diaryl/α,β-unsaturated/α-hetero) is 1. The number of carbonyl (C=O) groups is 3. The van der Waals surface area contributed by atoms with Crippen molar-refractivity contribution in [2.75, 3.05) is 23.3 Å². The Labute approximate surface area is 120 Å². The third kappa shape index (κ3) is 3.08. The van der Waals surface area contributed by atoms with Gasteiger partial charge in [-0.1, -0.05) is 11.6 Å². The molecule has 0 atom stereocenters. The van der Waals surface area contributed by atoms with Crippen molar-refractivity contribution in [3.05, 3.63) is 23.2 Å². The van der Waals surface area contributed by atoms with Gasteiger partial charge in [-0.2, -0.15) is 0 Å². The lowest BCUT2D eigenvalue weighted by atomic mass is 10.2. The Hall–Kier alpha value is -2.08. The zero-order chi connectivity index (χ0) is 14.7. The van der Waals surface area contributed by atoms with Crippen molar-refractivity contribution >= 4 is 40.6 Å². The number of hydrogen-bond donors (Lipinski definition) is 2. The Bertz CT molecular complexity index is 573. The highest BCUT2D eigenvalue weighted by Crippen LogP contribution is 2.31. The summed E-state index contributed by atoms with van der Waals surface area (Å²) in [5, 5.41) is 11.7. The molecule has 2 rings (SSSR count). The number of carboxylic acids is 1. The van der Waals surface area contributed by atoms with E-state index in [1.807, 2.05) is 0 Å². The average molecular weight is 297 g/mol. The van der Waals surface area contributed by atoms with E-state index in [1.54, 1.807) is 23.1 Å². The van der Waals surface area contributed by atoms with Crippen LogP contribution in [0.15, 0.2) is 18.2 Å². The van der Waals surface area contributed by atoms with Crippen LogP contribution in [0.5, 0.6) is 0 Å². The third-order valence-electron chi connectivity index (χ3n) is 3.00. The van der Waals surface area contributed by atoms with Gasteiger partial charge in [0.2, 0.25) is 5.91 Å². The second kappa shape index (κ2) is 5.92. The SMILES string of the molecule is O=C(O)C(=O)CNc1cc(Cl)ccc1N1CCCC1=O. The van der Waals surface area contributed by atoms with E-state index in [-0.39, 0.29) is 12.5 Å². The number of aliphatic carboxylic acids is 1. The molecule has 0 aliphatic carbocycles. The van der Waals surface area contributed by atoms with Crippen LogP contribution in [0.25, 0.3) is 0 Å². The normalized spacial score (nSPS) is 14.4. The molecule has 1 heterocycles. The number of benzene rings is 1. The van der Waals surface area contributed by atoms with Gasteiger partial charge in [-0.3, -0.25) is 9.59 Å². The molecule has 0 aromatic heterocycles. The van der Waals surface area contributed by atoms with Gasteiger partial charge in [0.25, 0.3) is 5.78 Å². The molecule has 1 aliphatic rings. The third-order valence-corrected chi connectivity index (χ3v) is 3.24. The maximum absolute atomic E-state index is 11.8. The van der Waals surface area contributed by atoms with Gasteiger partial charge in [0.1, 0.15) is 0 Å². The molecule has 0 saturated carbocycles. The number of nitrogens with one attached hydrogen (secondary N) is 1. The van der Waals surface area contributed by atoms with Gasteiger partial charge in [0, 0.05) is 18.0 Å². The predicted octanol–water partition coefficient (Wildman–Crippen LogP) is 1.53. The number of halogens is 1. The van der Waals surface area contributed by atoms with Crippen LogP contribution < -0.4 is 10.2 Å². The van der Waals surface area contributed by atoms with Crippen LogP contribution in [-0.2, 0) is 14.4 Å². The fourth-order valence-electron chi connectivity index (χ4n) is 2.04. The second-order valence-corrected chi connectivity index (χ2v) is 4.83. The van der Waals surface area contributed by atoms with Crippen LogP contribution in [0.1, 0.15) is 12.8 Å². The molecule has 2 N–H and O–H groups in total. The number of ketones is 1. The van der Waals surface area contributed by atoms with Gasteiger partial charge in [-0.05, 0) is 24.6 Å². The average Bonchev–Trinajstić information content (AvgIpc) is 2.82. The summed E-state index contributed by atoms with van der Waals surface area (Å²) >= 11 is 5.89. The number of anilines is 2. The first kappa shape index (κ1) is 14.3. The van der Waals surface area contributed by atoms with E-state index in [1.165, 1.54) is 0 Å². The molecule has 20 heavy (non-hydrogen) atoms. The lowest BCUT2D eigenvalue weighted by Crippen LogP contribution is -2.27. The van der Waals surface area contributed by atoms with Crippen molar-refractivity contribution in [3.63, 3.8) is 0 Å². The molecule has 0 radical (unpaired) electrons. The molecule has 1 saturated heterocycles. The summed E-state index contributed by atoms with van der Waals surface area (Å²) in [7, 11) is 0. The standard InChI is InChI=1S/C13H13ClN2O4/c14-8-3-4-10(16-5-1-2-12(16)18)9(6-8)15-7-11(17)13(19)20/h3-4,6,15H,1-2,5,7H2,(H,19,20). The highest BCUT2D eigenvalue weighted by molar-refractivity contribution is 6.34. The minimum atomic E-state index is -1.50. The molecule has 0 spiro atoms. The molecule has 106 valence electrons. The summed E-state index contributed by atoms with van der Waals surface area (Å²) in [5.41, 5.74) is 1.08. The Morgan fingerprint density at radius 3 is 2.75 bits per heavy atom. The molecule has 1 aromatic rings. The van der Waals surface area contributed by atoms with Crippen molar-refractivity contribution in [1.29, 1.82) is 0 Å². The van der Waals surface area contributed by atoms with E-state index in [0.717, 1.165) is 6.42 Å². The van der Waals surface area contributed by atoms with Gasteiger partial charge >= 0.3 is 5.97 Å². The summed E-state index contributed by atoms with van der Waals surface area (Å²) in [6.07, 6.45) is 1.26. The topological polar surface area (TPSA) is 86.7 Å². The van der Waals surface area contributed by atoms with Gasteiger partial charge < -0.3 is 15.3 Å². The van der Waals surface area contributed by atoms with E-state index >= 15 is 0 Å². The van der Waals surface area contributed by atoms with Gasteiger partial charge in [-0.15, -0.1) is 0 Å². The number of carboxylic acid groups (broad SMARTS) is 1. The Kier molecular flexibility index (Phi) is 4.24. The van der Waals surface area contributed by atoms with E-state index in [2.05, 4.69) is 5.32 Å². The summed E-state index contributed by atoms with van der Waals surface area (Å²) in [5.74, 6) is -2.46. The molecule has 6 nitrogen and oxygen atoms in total. The summed E-state index contributed by atoms with van der Waals surface area (Å²) in [6.45, 7) is 0.243. The lowest BCUT2D eigenvalue weighted by Gasteiger charge is -2.20. The van der Waals surface area contributed by atoms with Crippen molar-refractivity contribution in [3.8, 4) is 0 Å². The van der Waals surface area contributed by atoms with E-state index in [0.29, 0.717) is 29.4 Å². The number of amides is 1. The van der Waals surface area contributed by atoms with Crippen LogP contribution in [0.2, 0.25) is 5.02 Å². The molecular formula is C13H13ClN2O4. The molecule has 1 fully saturated rings. The smallest absolute Gasteiger partial charge is 0.374 e. The van der Waals surface area contributed by atoms with Crippen molar-refractivity contribution in [2.24, 2.45) is 0 Å². The maximum Gasteiger partial charge on any atom is 0.374 e. The Morgan fingerprint density at radius 1 is 1.40 bits per heavy atom. The predicted molar refractivity (Wildman–Crippen MR) is 74.2 cm³/mol. The lowest BCUT2D eigenvalue weighted by molar-refractivity contribution is -0.148. The number of carbonyl (C=O) groups excluding carboxylic acids is 2. The highest BCUT2D eigenvalue weighted by Gasteiger charge is 2.24. The van der Waals surface area contributed by atoms with Crippen molar-refractivity contribution < 1.29 is 19.5 Å². The summed E-state index contributed by atoms with van der Waals surface area (Å²) in [4.78, 5) is 35.0. The fourth-order valence-corrected chi connectivity index (χ4v) is 2.21. The molecule has 1 aromatic carbocycles. The Balaban J connectivity index is 2.22. The van der Waals surface area contributed by atoms with E-state index in [9.17, 15) is 14.4 Å². The maximum atomic E-state index is 11.8. The first-order chi connectivity index (χ1) is 9.49. The van der Waals surface area contributed by atoms with Gasteiger partial charge in [0.05, 0.1) is 17.9 Å². The minimum Gasteiger partial charge on any atom is -0.475 e.